The van der Waals surface area contributed by atoms with Gasteiger partial charge in [-0.05, 0) is 53.3 Å². The number of hydrogen-bond acceptors (Lipinski definition) is 0. The third-order valence-electron chi connectivity index (χ3n) is 4.74. The van der Waals surface area contributed by atoms with Crippen LogP contribution in [0.4, 0.5) is 13.2 Å². The first-order valence-electron chi connectivity index (χ1n) is 9.40. The van der Waals surface area contributed by atoms with Gasteiger partial charge in [-0.3, -0.25) is 0 Å². The van der Waals surface area contributed by atoms with Gasteiger partial charge < -0.3 is 0 Å². The van der Waals surface area contributed by atoms with E-state index in [-0.39, 0.29) is 11.6 Å². The topological polar surface area (TPSA) is 0 Å². The Morgan fingerprint density at radius 1 is 0.593 bits per heavy atom. The molecule has 0 heterocycles. The Kier molecular flexibility index (Phi) is 6.00. The van der Waals surface area contributed by atoms with Crippen molar-refractivity contribution >= 4 is 0 Å². The van der Waals surface area contributed by atoms with E-state index in [9.17, 15) is 13.2 Å². The summed E-state index contributed by atoms with van der Waals surface area (Å²) in [4.78, 5) is 0. The molecule has 0 atom stereocenters. The van der Waals surface area contributed by atoms with Crippen LogP contribution in [0.1, 0.15) is 37.8 Å². The van der Waals surface area contributed by atoms with E-state index in [1.54, 1.807) is 30.3 Å². The molecule has 0 saturated carbocycles. The highest BCUT2D eigenvalue weighted by molar-refractivity contribution is 5.71. The quantitative estimate of drug-likeness (QED) is 0.427. The molecule has 0 bridgehead atoms. The number of aryl methyl sites for hydroxylation is 2. The average Bonchev–Trinajstić information content (AvgIpc) is 2.64. The van der Waals surface area contributed by atoms with Crippen molar-refractivity contribution in [3.05, 3.63) is 83.2 Å². The van der Waals surface area contributed by atoms with Crippen LogP contribution in [-0.2, 0) is 12.8 Å². The van der Waals surface area contributed by atoms with Crippen LogP contribution >= 0.6 is 0 Å². The SMILES string of the molecule is CCCc1ccc(-c2ccc(-c3ccc(CCC)c(F)c3)c(F)c2)c(F)c1. The molecule has 0 aromatic heterocycles. The molecule has 0 amide bonds. The van der Waals surface area contributed by atoms with Crippen molar-refractivity contribution in [2.45, 2.75) is 39.5 Å². The molecule has 0 saturated heterocycles. The number of halogens is 3. The molecule has 3 rings (SSSR count). The Labute approximate surface area is 158 Å². The summed E-state index contributed by atoms with van der Waals surface area (Å²) in [6.07, 6.45) is 3.25. The van der Waals surface area contributed by atoms with Crippen molar-refractivity contribution in [1.82, 2.24) is 0 Å². The molecule has 140 valence electrons. The van der Waals surface area contributed by atoms with Gasteiger partial charge in [0, 0.05) is 11.1 Å². The van der Waals surface area contributed by atoms with Gasteiger partial charge in [-0.25, -0.2) is 13.2 Å². The molecule has 0 unspecified atom stereocenters. The first-order valence-corrected chi connectivity index (χ1v) is 9.40. The van der Waals surface area contributed by atoms with Crippen molar-refractivity contribution in [2.24, 2.45) is 0 Å². The second kappa shape index (κ2) is 8.43. The molecule has 0 aliphatic heterocycles. The van der Waals surface area contributed by atoms with Crippen LogP contribution in [0.25, 0.3) is 22.3 Å². The predicted molar refractivity (Wildman–Crippen MR) is 105 cm³/mol. The summed E-state index contributed by atoms with van der Waals surface area (Å²) >= 11 is 0. The fraction of sp³-hybridized carbons (Fsp3) is 0.250. The monoisotopic (exact) mass is 368 g/mol. The van der Waals surface area contributed by atoms with Crippen LogP contribution in [0.5, 0.6) is 0 Å². The molecule has 3 aromatic carbocycles. The first kappa shape index (κ1) is 19.2. The van der Waals surface area contributed by atoms with E-state index in [4.69, 9.17) is 0 Å². The van der Waals surface area contributed by atoms with Crippen molar-refractivity contribution in [3.63, 3.8) is 0 Å². The van der Waals surface area contributed by atoms with Crippen molar-refractivity contribution < 1.29 is 13.2 Å². The fourth-order valence-electron chi connectivity index (χ4n) is 3.34. The van der Waals surface area contributed by atoms with Crippen molar-refractivity contribution in [1.29, 1.82) is 0 Å². The minimum Gasteiger partial charge on any atom is -0.207 e. The molecule has 0 nitrogen and oxygen atoms in total. The standard InChI is InChI=1S/C24H23F3/c1-3-5-16-7-11-20(23(26)13-16)19-10-12-21(24(27)15-19)18-9-8-17(6-4-2)22(25)14-18/h7-15H,3-6H2,1-2H3. The summed E-state index contributed by atoms with van der Waals surface area (Å²) in [7, 11) is 0. The molecule has 0 spiro atoms. The highest BCUT2D eigenvalue weighted by atomic mass is 19.1. The van der Waals surface area contributed by atoms with Crippen LogP contribution in [0.15, 0.2) is 54.6 Å². The maximum absolute atomic E-state index is 14.7. The minimum absolute atomic E-state index is 0.309. The lowest BCUT2D eigenvalue weighted by atomic mass is 9.97. The molecule has 0 aliphatic rings. The largest absolute Gasteiger partial charge is 0.207 e. The first-order chi connectivity index (χ1) is 13.0. The van der Waals surface area contributed by atoms with Crippen LogP contribution in [-0.4, -0.2) is 0 Å². The maximum Gasteiger partial charge on any atom is 0.131 e. The lowest BCUT2D eigenvalue weighted by molar-refractivity contribution is 0.607. The van der Waals surface area contributed by atoms with Crippen LogP contribution in [0, 0.1) is 17.5 Å². The summed E-state index contributed by atoms with van der Waals surface area (Å²) in [5.74, 6) is -1.18. The lowest BCUT2D eigenvalue weighted by Gasteiger charge is -2.10. The highest BCUT2D eigenvalue weighted by Gasteiger charge is 2.12. The zero-order chi connectivity index (χ0) is 19.4. The normalized spacial score (nSPS) is 11.0. The van der Waals surface area contributed by atoms with Gasteiger partial charge >= 0.3 is 0 Å². The highest BCUT2D eigenvalue weighted by Crippen LogP contribution is 2.31. The van der Waals surface area contributed by atoms with Crippen LogP contribution < -0.4 is 0 Å². The number of benzene rings is 3. The Morgan fingerprint density at radius 3 is 1.70 bits per heavy atom. The number of hydrogen-bond donors (Lipinski definition) is 0. The van der Waals surface area contributed by atoms with Crippen LogP contribution in [0.2, 0.25) is 0 Å². The molecular formula is C24H23F3. The summed E-state index contributed by atoms with van der Waals surface area (Å²) in [5.41, 5.74) is 3.19. The molecule has 0 radical (unpaired) electrons. The van der Waals surface area contributed by atoms with Gasteiger partial charge in [0.2, 0.25) is 0 Å². The van der Waals surface area contributed by atoms with E-state index < -0.39 is 5.82 Å². The summed E-state index contributed by atoms with van der Waals surface area (Å²) in [6, 6.07) is 14.4. The van der Waals surface area contributed by atoms with E-state index in [0.717, 1.165) is 24.8 Å². The zero-order valence-corrected chi connectivity index (χ0v) is 15.7. The summed E-state index contributed by atoms with van der Waals surface area (Å²) in [5, 5.41) is 0. The van der Waals surface area contributed by atoms with Gasteiger partial charge in [-0.1, -0.05) is 63.1 Å². The van der Waals surface area contributed by atoms with E-state index >= 15 is 0 Å². The van der Waals surface area contributed by atoms with Gasteiger partial charge in [-0.15, -0.1) is 0 Å². The predicted octanol–water partition coefficient (Wildman–Crippen LogP) is 7.34. The van der Waals surface area contributed by atoms with E-state index in [0.29, 0.717) is 34.2 Å². The van der Waals surface area contributed by atoms with E-state index in [1.165, 1.54) is 18.2 Å². The second-order valence-corrected chi connectivity index (χ2v) is 6.82. The Bertz CT molecular complexity index is 944. The smallest absolute Gasteiger partial charge is 0.131 e. The molecule has 0 aliphatic carbocycles. The van der Waals surface area contributed by atoms with E-state index in [2.05, 4.69) is 0 Å². The summed E-state index contributed by atoms with van der Waals surface area (Å²) < 4.78 is 43.3. The van der Waals surface area contributed by atoms with E-state index in [1.807, 2.05) is 19.9 Å². The Hall–Kier alpha value is -2.55. The van der Waals surface area contributed by atoms with Crippen molar-refractivity contribution in [3.8, 4) is 22.3 Å². The average molecular weight is 368 g/mol. The molecule has 0 fully saturated rings. The third kappa shape index (κ3) is 4.24. The second-order valence-electron chi connectivity index (χ2n) is 6.82. The zero-order valence-electron chi connectivity index (χ0n) is 15.7. The molecule has 3 heteroatoms. The van der Waals surface area contributed by atoms with Gasteiger partial charge in [0.25, 0.3) is 0 Å². The molecule has 3 aromatic rings. The fourth-order valence-corrected chi connectivity index (χ4v) is 3.34. The van der Waals surface area contributed by atoms with Gasteiger partial charge in [-0.2, -0.15) is 0 Å². The lowest BCUT2D eigenvalue weighted by Crippen LogP contribution is -1.93. The van der Waals surface area contributed by atoms with Crippen molar-refractivity contribution in [2.75, 3.05) is 0 Å². The number of rotatable bonds is 6. The summed E-state index contributed by atoms with van der Waals surface area (Å²) in [6.45, 7) is 4.03. The maximum atomic E-state index is 14.7. The Balaban J connectivity index is 1.93. The molecular weight excluding hydrogens is 345 g/mol. The van der Waals surface area contributed by atoms with Crippen LogP contribution in [0.3, 0.4) is 0 Å². The molecule has 27 heavy (non-hydrogen) atoms. The molecule has 0 N–H and O–H groups in total. The Morgan fingerprint density at radius 2 is 1.15 bits per heavy atom. The van der Waals surface area contributed by atoms with Gasteiger partial charge in [0.05, 0.1) is 0 Å². The minimum atomic E-state index is -0.493. The van der Waals surface area contributed by atoms with Gasteiger partial charge in [0.15, 0.2) is 0 Å². The van der Waals surface area contributed by atoms with Gasteiger partial charge in [0.1, 0.15) is 17.5 Å². The third-order valence-corrected chi connectivity index (χ3v) is 4.74.